The molecule has 4 amide bonds. The average Bonchev–Trinajstić information content (AvgIpc) is 2.75. The maximum absolute atomic E-state index is 12.2. The Kier molecular flexibility index (Phi) is 8.87. The third kappa shape index (κ3) is 7.84. The molecule has 0 bridgehead atoms. The number of thioether (sulfide) groups is 1. The van der Waals surface area contributed by atoms with Crippen molar-refractivity contribution in [2.45, 2.75) is 43.6 Å². The maximum Gasteiger partial charge on any atom is 0.242 e. The Hall–Kier alpha value is -1.65. The first kappa shape index (κ1) is 21.4. The first-order valence-corrected chi connectivity index (χ1v) is 9.01. The van der Waals surface area contributed by atoms with E-state index in [2.05, 4.69) is 5.43 Å². The maximum atomic E-state index is 12.2. The van der Waals surface area contributed by atoms with Gasteiger partial charge >= 0.3 is 0 Å². The Bertz CT molecular complexity index is 514. The summed E-state index contributed by atoms with van der Waals surface area (Å²) in [6.45, 7) is 4.27. The number of ether oxygens (including phenoxy) is 1. The molecule has 1 aliphatic heterocycles. The van der Waals surface area contributed by atoms with E-state index in [1.54, 1.807) is 7.05 Å². The second kappa shape index (κ2) is 10.4. The van der Waals surface area contributed by atoms with Crippen molar-refractivity contribution in [1.82, 2.24) is 15.3 Å². The van der Waals surface area contributed by atoms with Crippen LogP contribution in [0.15, 0.2) is 0 Å². The molecular weight excluding hydrogens is 348 g/mol. The lowest BCUT2D eigenvalue weighted by atomic mass is 10.3. The molecule has 3 N–H and O–H groups in total. The largest absolute Gasteiger partial charge is 0.370 e. The second-order valence-corrected chi connectivity index (χ2v) is 7.78. The van der Waals surface area contributed by atoms with Crippen LogP contribution in [0.1, 0.15) is 33.1 Å². The summed E-state index contributed by atoms with van der Waals surface area (Å²) >= 11 is 1.47. The Morgan fingerprint density at radius 3 is 2.68 bits per heavy atom. The molecule has 0 aliphatic carbocycles. The highest BCUT2D eigenvalue weighted by Gasteiger charge is 2.39. The Balaban J connectivity index is 2.30. The molecule has 9 nitrogen and oxygen atoms in total. The summed E-state index contributed by atoms with van der Waals surface area (Å²) in [4.78, 5) is 47.7. The number of rotatable bonds is 11. The van der Waals surface area contributed by atoms with Gasteiger partial charge in [0.05, 0.1) is 11.9 Å². The van der Waals surface area contributed by atoms with Gasteiger partial charge in [0.2, 0.25) is 23.6 Å². The van der Waals surface area contributed by atoms with Gasteiger partial charge in [0.25, 0.3) is 0 Å². The quantitative estimate of drug-likeness (QED) is 0.215. The van der Waals surface area contributed by atoms with E-state index < -0.39 is 5.91 Å². The highest BCUT2D eigenvalue weighted by molar-refractivity contribution is 8.01. The van der Waals surface area contributed by atoms with Crippen molar-refractivity contribution in [3.05, 3.63) is 0 Å². The van der Waals surface area contributed by atoms with Gasteiger partial charge in [-0.05, 0) is 5.25 Å². The van der Waals surface area contributed by atoms with Crippen LogP contribution in [0.5, 0.6) is 0 Å². The first-order valence-electron chi connectivity index (χ1n) is 8.07. The number of imide groups is 1. The fraction of sp³-hybridized carbons (Fsp3) is 0.733. The summed E-state index contributed by atoms with van der Waals surface area (Å²) in [5.41, 5.74) is 7.55. The molecular formula is C15H26N4O5S. The van der Waals surface area contributed by atoms with E-state index in [9.17, 15) is 19.2 Å². The summed E-state index contributed by atoms with van der Waals surface area (Å²) in [5.74, 6) is -1.25. The SMILES string of the molecule is CC(C)SC1CC(=O)N(CCC(=O)NN(C)COCCC(N)=O)C1=O. The first-order chi connectivity index (χ1) is 11.7. The monoisotopic (exact) mass is 374 g/mol. The van der Waals surface area contributed by atoms with Crippen molar-refractivity contribution in [3.63, 3.8) is 0 Å². The number of carbonyl (C=O) groups is 4. The highest BCUT2D eigenvalue weighted by Crippen LogP contribution is 2.28. The van der Waals surface area contributed by atoms with Crippen LogP contribution in [0.2, 0.25) is 0 Å². The number of likely N-dealkylation sites (tertiary alicyclic amines) is 1. The molecule has 0 aromatic carbocycles. The number of nitrogens with one attached hydrogen (secondary N) is 1. The van der Waals surface area contributed by atoms with Crippen LogP contribution in [0, 0.1) is 0 Å². The molecule has 0 aromatic heterocycles. The zero-order valence-electron chi connectivity index (χ0n) is 14.8. The van der Waals surface area contributed by atoms with Gasteiger partial charge in [0, 0.05) is 32.9 Å². The molecule has 0 saturated carbocycles. The number of nitrogens with two attached hydrogens (primary N) is 1. The molecule has 1 saturated heterocycles. The zero-order chi connectivity index (χ0) is 19.0. The van der Waals surface area contributed by atoms with E-state index in [1.165, 1.54) is 16.8 Å². The van der Waals surface area contributed by atoms with Crippen LogP contribution in [0.4, 0.5) is 0 Å². The minimum absolute atomic E-state index is 0.0160. The predicted molar refractivity (Wildman–Crippen MR) is 93.0 cm³/mol. The topological polar surface area (TPSA) is 122 Å². The molecule has 25 heavy (non-hydrogen) atoms. The van der Waals surface area contributed by atoms with Crippen LogP contribution in [0.3, 0.4) is 0 Å². The number of nitrogens with zero attached hydrogens (tertiary/aromatic N) is 2. The highest BCUT2D eigenvalue weighted by atomic mass is 32.2. The third-order valence-electron chi connectivity index (χ3n) is 3.29. The fourth-order valence-corrected chi connectivity index (χ4v) is 3.35. The van der Waals surface area contributed by atoms with Gasteiger partial charge in [0.1, 0.15) is 6.73 Å². The van der Waals surface area contributed by atoms with Crippen molar-refractivity contribution < 1.29 is 23.9 Å². The summed E-state index contributed by atoms with van der Waals surface area (Å²) in [6, 6.07) is 0. The molecule has 1 unspecified atom stereocenters. The van der Waals surface area contributed by atoms with E-state index in [0.717, 1.165) is 4.90 Å². The van der Waals surface area contributed by atoms with Crippen molar-refractivity contribution in [2.24, 2.45) is 5.73 Å². The number of carbonyl (C=O) groups excluding carboxylic acids is 4. The molecule has 10 heteroatoms. The number of hydrogen-bond donors (Lipinski definition) is 2. The van der Waals surface area contributed by atoms with E-state index in [1.807, 2.05) is 13.8 Å². The fourth-order valence-electron chi connectivity index (χ4n) is 2.21. The number of amides is 4. The molecule has 1 rings (SSSR count). The molecule has 1 fully saturated rings. The molecule has 0 aromatic rings. The predicted octanol–water partition coefficient (Wildman–Crippen LogP) is -0.542. The molecule has 0 radical (unpaired) electrons. The minimum atomic E-state index is -0.458. The van der Waals surface area contributed by atoms with Gasteiger partial charge in [-0.1, -0.05) is 13.8 Å². The summed E-state index contributed by atoms with van der Waals surface area (Å²) in [5, 5.41) is 1.32. The smallest absolute Gasteiger partial charge is 0.242 e. The lowest BCUT2D eigenvalue weighted by Crippen LogP contribution is -2.42. The van der Waals surface area contributed by atoms with E-state index >= 15 is 0 Å². The normalized spacial score (nSPS) is 17.6. The molecule has 142 valence electrons. The van der Waals surface area contributed by atoms with Gasteiger partial charge in [-0.15, -0.1) is 11.8 Å². The van der Waals surface area contributed by atoms with Gasteiger partial charge in [0.15, 0.2) is 0 Å². The van der Waals surface area contributed by atoms with Crippen LogP contribution in [-0.2, 0) is 23.9 Å². The molecule has 1 aliphatic rings. The van der Waals surface area contributed by atoms with E-state index in [4.69, 9.17) is 10.5 Å². The number of hydrazine groups is 1. The Morgan fingerprint density at radius 1 is 1.40 bits per heavy atom. The van der Waals surface area contributed by atoms with Gasteiger partial charge < -0.3 is 10.5 Å². The van der Waals surface area contributed by atoms with Crippen LogP contribution >= 0.6 is 11.8 Å². The minimum Gasteiger partial charge on any atom is -0.370 e. The zero-order valence-corrected chi connectivity index (χ0v) is 15.6. The van der Waals surface area contributed by atoms with E-state index in [0.29, 0.717) is 0 Å². The van der Waals surface area contributed by atoms with Gasteiger partial charge in [-0.25, -0.2) is 0 Å². The van der Waals surface area contributed by atoms with Crippen LogP contribution < -0.4 is 11.2 Å². The standard InChI is InChI=1S/C15H26N4O5S/c1-10(2)25-11-8-14(22)19(15(11)23)6-4-13(21)17-18(3)9-24-7-5-12(16)20/h10-11H,4-9H2,1-3H3,(H2,16,20)(H,17,21). The summed E-state index contributed by atoms with van der Waals surface area (Å²) in [6.07, 6.45) is 0.315. The number of primary amides is 1. The third-order valence-corrected chi connectivity index (χ3v) is 4.54. The lowest BCUT2D eigenvalue weighted by Gasteiger charge is -2.19. The number of hydrogen-bond acceptors (Lipinski definition) is 7. The molecule has 0 spiro atoms. The van der Waals surface area contributed by atoms with Crippen LogP contribution in [0.25, 0.3) is 0 Å². The summed E-state index contributed by atoms with van der Waals surface area (Å²) < 4.78 is 5.16. The lowest BCUT2D eigenvalue weighted by molar-refractivity contribution is -0.139. The Labute approximate surface area is 151 Å². The summed E-state index contributed by atoms with van der Waals surface area (Å²) in [7, 11) is 1.60. The van der Waals surface area contributed by atoms with Gasteiger partial charge in [-0.2, -0.15) is 5.01 Å². The van der Waals surface area contributed by atoms with Crippen LogP contribution in [-0.4, -0.2) is 71.0 Å². The molecule has 1 heterocycles. The van der Waals surface area contributed by atoms with Crippen molar-refractivity contribution >= 4 is 35.4 Å². The van der Waals surface area contributed by atoms with Crippen molar-refractivity contribution in [1.29, 1.82) is 0 Å². The van der Waals surface area contributed by atoms with Crippen molar-refractivity contribution in [3.8, 4) is 0 Å². The molecule has 1 atom stereocenters. The average molecular weight is 374 g/mol. The van der Waals surface area contributed by atoms with Crippen molar-refractivity contribution in [2.75, 3.05) is 26.9 Å². The van der Waals surface area contributed by atoms with Gasteiger partial charge in [-0.3, -0.25) is 29.5 Å². The van der Waals surface area contributed by atoms with E-state index in [-0.39, 0.29) is 67.4 Å². The second-order valence-electron chi connectivity index (χ2n) is 6.00. The Morgan fingerprint density at radius 2 is 2.08 bits per heavy atom.